The Morgan fingerprint density at radius 2 is 1.86 bits per heavy atom. The van der Waals surface area contributed by atoms with Crippen molar-refractivity contribution in [3.8, 4) is 11.8 Å². The summed E-state index contributed by atoms with van der Waals surface area (Å²) in [6, 6.07) is 13.4. The van der Waals surface area contributed by atoms with Crippen molar-refractivity contribution >= 4 is 11.8 Å². The van der Waals surface area contributed by atoms with E-state index in [2.05, 4.69) is 25.7 Å². The predicted molar refractivity (Wildman–Crippen MR) is 117 cm³/mol. The van der Waals surface area contributed by atoms with Gasteiger partial charge in [-0.25, -0.2) is 4.68 Å². The van der Waals surface area contributed by atoms with E-state index in [1.165, 1.54) is 29.1 Å². The number of nitrogens with zero attached hydrogens (tertiary/aromatic N) is 4. The first kappa shape index (κ1) is 25.2. The fraction of sp³-hybridized carbons (Fsp3) is 0.261. The molecule has 2 amide bonds. The fourth-order valence-electron chi connectivity index (χ4n) is 3.10. The molecule has 35 heavy (non-hydrogen) atoms. The number of amides is 2. The molecule has 0 aliphatic heterocycles. The van der Waals surface area contributed by atoms with Gasteiger partial charge >= 0.3 is 6.36 Å². The van der Waals surface area contributed by atoms with Crippen molar-refractivity contribution in [3.05, 3.63) is 77.1 Å². The number of carbonyl (C=O) groups excluding carboxylic acids is 2. The van der Waals surface area contributed by atoms with Gasteiger partial charge in [-0.05, 0) is 29.7 Å². The van der Waals surface area contributed by atoms with Crippen LogP contribution in [0.2, 0.25) is 0 Å². The molecule has 1 heterocycles. The molecule has 0 saturated carbocycles. The first-order valence-electron chi connectivity index (χ1n) is 10.5. The van der Waals surface area contributed by atoms with Crippen LogP contribution in [-0.2, 0) is 13.0 Å². The van der Waals surface area contributed by atoms with E-state index >= 15 is 0 Å². The van der Waals surface area contributed by atoms with E-state index in [1.807, 2.05) is 25.1 Å². The van der Waals surface area contributed by atoms with Crippen LogP contribution in [0.5, 0.6) is 5.75 Å². The van der Waals surface area contributed by atoms with Crippen LogP contribution in [0.3, 0.4) is 0 Å². The maximum absolute atomic E-state index is 12.5. The number of halogens is 3. The van der Waals surface area contributed by atoms with Crippen LogP contribution in [0.15, 0.2) is 54.7 Å². The van der Waals surface area contributed by atoms with Crippen LogP contribution in [0.25, 0.3) is 0 Å². The zero-order valence-electron chi connectivity index (χ0n) is 18.5. The normalized spacial score (nSPS) is 11.9. The number of hydrogen-bond acceptors (Lipinski definition) is 6. The lowest BCUT2D eigenvalue weighted by molar-refractivity contribution is -0.274. The second-order valence-electron chi connectivity index (χ2n) is 7.30. The average molecular weight is 486 g/mol. The van der Waals surface area contributed by atoms with Gasteiger partial charge in [0.25, 0.3) is 11.8 Å². The molecule has 1 aromatic heterocycles. The molecule has 0 bridgehead atoms. The van der Waals surface area contributed by atoms with E-state index in [-0.39, 0.29) is 24.3 Å². The van der Waals surface area contributed by atoms with Gasteiger partial charge in [-0.3, -0.25) is 9.59 Å². The number of carbonyl (C=O) groups is 2. The highest BCUT2D eigenvalue weighted by molar-refractivity contribution is 5.96. The van der Waals surface area contributed by atoms with Crippen molar-refractivity contribution in [1.82, 2.24) is 25.6 Å². The van der Waals surface area contributed by atoms with Crippen molar-refractivity contribution in [2.45, 2.75) is 32.3 Å². The summed E-state index contributed by atoms with van der Waals surface area (Å²) in [5.41, 5.74) is 1.41. The van der Waals surface area contributed by atoms with E-state index in [0.29, 0.717) is 5.56 Å². The Kier molecular flexibility index (Phi) is 8.04. The third kappa shape index (κ3) is 7.04. The Hall–Kier alpha value is -4.40. The quantitative estimate of drug-likeness (QED) is 0.479. The Balaban J connectivity index is 1.55. The lowest BCUT2D eigenvalue weighted by atomic mass is 10.0. The number of hydrogen-bond donors (Lipinski definition) is 2. The van der Waals surface area contributed by atoms with Crippen LogP contribution in [0, 0.1) is 11.3 Å². The standard InChI is InChI=1S/C23H21F3N6O3/c1-2-15-7-9-16(10-8-15)18(13-27)29-22(34)19-14-32(31-30-19)12-11-28-21(33)17-5-3-4-6-20(17)35-23(24,25)26/h3-10,14,18H,2,11-12H2,1H3,(H,28,33)(H,29,34). The Morgan fingerprint density at radius 1 is 1.14 bits per heavy atom. The molecule has 1 atom stereocenters. The number of nitrogens with one attached hydrogen (secondary N) is 2. The fourth-order valence-corrected chi connectivity index (χ4v) is 3.10. The minimum absolute atomic E-state index is 0.00575. The maximum atomic E-state index is 12.5. The maximum Gasteiger partial charge on any atom is 0.573 e. The van der Waals surface area contributed by atoms with E-state index in [4.69, 9.17) is 0 Å². The molecule has 0 spiro atoms. The lowest BCUT2D eigenvalue weighted by Gasteiger charge is -2.13. The third-order valence-corrected chi connectivity index (χ3v) is 4.88. The van der Waals surface area contributed by atoms with Gasteiger partial charge in [0.1, 0.15) is 11.8 Å². The largest absolute Gasteiger partial charge is 0.573 e. The summed E-state index contributed by atoms with van der Waals surface area (Å²) < 4.78 is 42.8. The van der Waals surface area contributed by atoms with Crippen molar-refractivity contribution in [2.24, 2.45) is 0 Å². The summed E-state index contributed by atoms with van der Waals surface area (Å²) >= 11 is 0. The molecule has 0 aliphatic rings. The molecule has 0 aliphatic carbocycles. The highest BCUT2D eigenvalue weighted by Crippen LogP contribution is 2.26. The van der Waals surface area contributed by atoms with Crippen LogP contribution in [-0.4, -0.2) is 39.7 Å². The van der Waals surface area contributed by atoms with Crippen LogP contribution in [0.1, 0.15) is 44.9 Å². The first-order valence-corrected chi connectivity index (χ1v) is 10.5. The van der Waals surface area contributed by atoms with E-state index in [0.717, 1.165) is 18.1 Å². The first-order chi connectivity index (χ1) is 16.7. The highest BCUT2D eigenvalue weighted by atomic mass is 19.4. The van der Waals surface area contributed by atoms with E-state index in [1.54, 1.807) is 12.1 Å². The van der Waals surface area contributed by atoms with Crippen LogP contribution in [0.4, 0.5) is 13.2 Å². The molecule has 0 saturated heterocycles. The topological polar surface area (TPSA) is 122 Å². The molecular formula is C23H21F3N6O3. The molecule has 2 aromatic carbocycles. The average Bonchev–Trinajstić information content (AvgIpc) is 3.31. The number of aromatic nitrogens is 3. The van der Waals surface area contributed by atoms with Crippen molar-refractivity contribution in [3.63, 3.8) is 0 Å². The summed E-state index contributed by atoms with van der Waals surface area (Å²) in [7, 11) is 0. The molecule has 0 radical (unpaired) electrons. The molecular weight excluding hydrogens is 465 g/mol. The number of para-hydroxylation sites is 1. The monoisotopic (exact) mass is 486 g/mol. The minimum atomic E-state index is -4.93. The number of ether oxygens (including phenoxy) is 1. The van der Waals surface area contributed by atoms with Crippen molar-refractivity contribution in [2.75, 3.05) is 6.54 Å². The van der Waals surface area contributed by atoms with Gasteiger partial charge in [-0.15, -0.1) is 18.3 Å². The molecule has 12 heteroatoms. The van der Waals surface area contributed by atoms with Gasteiger partial charge in [-0.2, -0.15) is 5.26 Å². The van der Waals surface area contributed by atoms with Gasteiger partial charge < -0.3 is 15.4 Å². The van der Waals surface area contributed by atoms with Crippen LogP contribution >= 0.6 is 0 Å². The summed E-state index contributed by atoms with van der Waals surface area (Å²) in [6.45, 7) is 2.09. The molecule has 1 unspecified atom stereocenters. The molecule has 0 fully saturated rings. The highest BCUT2D eigenvalue weighted by Gasteiger charge is 2.32. The van der Waals surface area contributed by atoms with Crippen molar-refractivity contribution in [1.29, 1.82) is 5.26 Å². The number of alkyl halides is 3. The van der Waals surface area contributed by atoms with Gasteiger partial charge in [-0.1, -0.05) is 48.5 Å². The smallest absolute Gasteiger partial charge is 0.405 e. The molecule has 3 rings (SSSR count). The number of rotatable bonds is 9. The SMILES string of the molecule is CCc1ccc(C(C#N)NC(=O)c2cn(CCNC(=O)c3ccccc3OC(F)(F)F)nn2)cc1. The molecule has 182 valence electrons. The lowest BCUT2D eigenvalue weighted by Crippen LogP contribution is -2.29. The van der Waals surface area contributed by atoms with Gasteiger partial charge in [0, 0.05) is 6.54 Å². The van der Waals surface area contributed by atoms with E-state index in [9.17, 15) is 28.0 Å². The third-order valence-electron chi connectivity index (χ3n) is 4.88. The zero-order chi connectivity index (χ0) is 25.4. The number of aryl methyl sites for hydroxylation is 1. The Morgan fingerprint density at radius 3 is 2.51 bits per heavy atom. The van der Waals surface area contributed by atoms with Crippen molar-refractivity contribution < 1.29 is 27.5 Å². The second-order valence-corrected chi connectivity index (χ2v) is 7.30. The summed E-state index contributed by atoms with van der Waals surface area (Å²) in [5.74, 6) is -1.99. The Labute approximate surface area is 198 Å². The Bertz CT molecular complexity index is 1220. The van der Waals surface area contributed by atoms with E-state index < -0.39 is 30.0 Å². The number of nitriles is 1. The van der Waals surface area contributed by atoms with Crippen LogP contribution < -0.4 is 15.4 Å². The predicted octanol–water partition coefficient (Wildman–Crippen LogP) is 3.16. The summed E-state index contributed by atoms with van der Waals surface area (Å²) in [5, 5.41) is 22.0. The second kappa shape index (κ2) is 11.1. The summed E-state index contributed by atoms with van der Waals surface area (Å²) in [6.07, 6.45) is -2.75. The van der Waals surface area contributed by atoms with Gasteiger partial charge in [0.15, 0.2) is 5.69 Å². The van der Waals surface area contributed by atoms with Gasteiger partial charge in [0.05, 0.1) is 24.4 Å². The summed E-state index contributed by atoms with van der Waals surface area (Å²) in [4.78, 5) is 24.8. The minimum Gasteiger partial charge on any atom is -0.405 e. The molecule has 3 aromatic rings. The molecule has 9 nitrogen and oxygen atoms in total. The zero-order valence-corrected chi connectivity index (χ0v) is 18.5. The molecule has 2 N–H and O–H groups in total. The number of benzene rings is 2. The van der Waals surface area contributed by atoms with Gasteiger partial charge in [0.2, 0.25) is 0 Å².